The van der Waals surface area contributed by atoms with Gasteiger partial charge in [0.1, 0.15) is 5.01 Å². The maximum absolute atomic E-state index is 12.1. The van der Waals surface area contributed by atoms with Crippen LogP contribution in [0.4, 0.5) is 11.4 Å². The van der Waals surface area contributed by atoms with Gasteiger partial charge in [0.15, 0.2) is 4.34 Å². The van der Waals surface area contributed by atoms with Gasteiger partial charge in [0.2, 0.25) is 5.91 Å². The van der Waals surface area contributed by atoms with Crippen molar-refractivity contribution < 1.29 is 19.6 Å². The minimum atomic E-state index is -1.33. The zero-order valence-electron chi connectivity index (χ0n) is 13.9. The van der Waals surface area contributed by atoms with Gasteiger partial charge in [-0.25, -0.2) is 4.79 Å². The third-order valence-electron chi connectivity index (χ3n) is 3.32. The summed E-state index contributed by atoms with van der Waals surface area (Å²) < 4.78 is 0.576. The van der Waals surface area contributed by atoms with Crippen LogP contribution in [0.2, 0.25) is 0 Å². The second-order valence-corrected chi connectivity index (χ2v) is 7.48. The number of carbonyl (C=O) groups is 2. The zero-order valence-corrected chi connectivity index (χ0v) is 15.6. The molecule has 142 valence electrons. The summed E-state index contributed by atoms with van der Waals surface area (Å²) in [7, 11) is 0. The Labute approximate surface area is 165 Å². The van der Waals surface area contributed by atoms with Crippen LogP contribution in [0.5, 0.6) is 0 Å². The number of thioether (sulfide) groups is 1. The Morgan fingerprint density at radius 2 is 1.96 bits per heavy atom. The van der Waals surface area contributed by atoms with Crippen LogP contribution in [0.1, 0.15) is 10.4 Å². The first-order chi connectivity index (χ1) is 13.4. The molecule has 1 amide bonds. The highest BCUT2D eigenvalue weighted by molar-refractivity contribution is 8.01. The summed E-state index contributed by atoms with van der Waals surface area (Å²) in [5.41, 5.74) is 0.186. The molecule has 0 radical (unpaired) electrons. The number of pyridine rings is 1. The van der Waals surface area contributed by atoms with Gasteiger partial charge in [-0.15, -0.1) is 10.2 Å². The summed E-state index contributed by atoms with van der Waals surface area (Å²) in [6, 6.07) is 6.77. The number of nitro groups is 1. The van der Waals surface area contributed by atoms with Crippen LogP contribution in [0.25, 0.3) is 10.6 Å². The van der Waals surface area contributed by atoms with Gasteiger partial charge < -0.3 is 10.4 Å². The van der Waals surface area contributed by atoms with Gasteiger partial charge in [-0.05, 0) is 18.2 Å². The second-order valence-electron chi connectivity index (χ2n) is 5.28. The second kappa shape index (κ2) is 8.54. The lowest BCUT2D eigenvalue weighted by atomic mass is 10.1. The number of amides is 1. The molecule has 0 aliphatic rings. The van der Waals surface area contributed by atoms with E-state index in [9.17, 15) is 19.7 Å². The highest BCUT2D eigenvalue weighted by Gasteiger charge is 2.16. The van der Waals surface area contributed by atoms with Gasteiger partial charge in [-0.2, -0.15) is 0 Å². The van der Waals surface area contributed by atoms with Crippen molar-refractivity contribution in [2.45, 2.75) is 4.34 Å². The quantitative estimate of drug-likeness (QED) is 0.336. The average Bonchev–Trinajstić information content (AvgIpc) is 3.16. The predicted octanol–water partition coefficient (Wildman–Crippen LogP) is 2.94. The van der Waals surface area contributed by atoms with E-state index < -0.39 is 22.5 Å². The molecule has 2 heterocycles. The number of non-ortho nitro benzene ring substituents is 1. The number of hydrogen-bond donors (Lipinski definition) is 2. The molecule has 3 rings (SSSR count). The van der Waals surface area contributed by atoms with Crippen molar-refractivity contribution in [3.63, 3.8) is 0 Å². The molecule has 0 saturated carbocycles. The van der Waals surface area contributed by atoms with Gasteiger partial charge in [0, 0.05) is 35.8 Å². The molecule has 12 heteroatoms. The van der Waals surface area contributed by atoms with Crippen LogP contribution in [0, 0.1) is 10.1 Å². The van der Waals surface area contributed by atoms with E-state index >= 15 is 0 Å². The van der Waals surface area contributed by atoms with E-state index in [1.54, 1.807) is 24.5 Å². The minimum Gasteiger partial charge on any atom is -0.478 e. The van der Waals surface area contributed by atoms with Crippen LogP contribution in [0.15, 0.2) is 47.1 Å². The Morgan fingerprint density at radius 1 is 1.21 bits per heavy atom. The molecule has 0 aliphatic heterocycles. The number of hydrogen-bond acceptors (Lipinski definition) is 9. The molecule has 3 aromatic rings. The monoisotopic (exact) mass is 417 g/mol. The smallest absolute Gasteiger partial charge is 0.336 e. The van der Waals surface area contributed by atoms with Crippen LogP contribution in [-0.2, 0) is 4.79 Å². The molecular formula is C16H11N5O5S2. The molecule has 0 spiro atoms. The molecule has 0 saturated heterocycles. The van der Waals surface area contributed by atoms with Crippen molar-refractivity contribution in [2.75, 3.05) is 11.1 Å². The number of benzene rings is 1. The van der Waals surface area contributed by atoms with E-state index in [0.717, 1.165) is 35.5 Å². The number of carboxylic acid groups (broad SMARTS) is 1. The minimum absolute atomic E-state index is 0.0178. The molecule has 2 aromatic heterocycles. The normalized spacial score (nSPS) is 10.4. The van der Waals surface area contributed by atoms with E-state index in [-0.39, 0.29) is 17.0 Å². The van der Waals surface area contributed by atoms with Gasteiger partial charge >= 0.3 is 5.97 Å². The van der Waals surface area contributed by atoms with Gasteiger partial charge in [-0.3, -0.25) is 19.9 Å². The van der Waals surface area contributed by atoms with Crippen molar-refractivity contribution in [2.24, 2.45) is 0 Å². The first-order valence-corrected chi connectivity index (χ1v) is 9.42. The molecule has 0 bridgehead atoms. The van der Waals surface area contributed by atoms with Crippen molar-refractivity contribution in [1.29, 1.82) is 0 Å². The number of nitro benzene ring substituents is 1. The first-order valence-electron chi connectivity index (χ1n) is 7.61. The van der Waals surface area contributed by atoms with E-state index in [4.69, 9.17) is 5.11 Å². The fourth-order valence-corrected chi connectivity index (χ4v) is 3.77. The summed E-state index contributed by atoms with van der Waals surface area (Å²) in [5.74, 6) is -1.80. The lowest BCUT2D eigenvalue weighted by Crippen LogP contribution is -2.14. The molecule has 28 heavy (non-hydrogen) atoms. The van der Waals surface area contributed by atoms with E-state index in [1.165, 1.54) is 11.3 Å². The highest BCUT2D eigenvalue weighted by atomic mass is 32.2. The Bertz CT molecular complexity index is 1010. The van der Waals surface area contributed by atoms with Crippen LogP contribution >= 0.6 is 23.1 Å². The fourth-order valence-electron chi connectivity index (χ4n) is 2.12. The maximum Gasteiger partial charge on any atom is 0.336 e. The largest absolute Gasteiger partial charge is 0.478 e. The average molecular weight is 417 g/mol. The number of carbonyl (C=O) groups excluding carboxylic acids is 1. The zero-order chi connectivity index (χ0) is 20.1. The van der Waals surface area contributed by atoms with E-state index in [0.29, 0.717) is 9.35 Å². The molecular weight excluding hydrogens is 406 g/mol. The third kappa shape index (κ3) is 4.86. The van der Waals surface area contributed by atoms with Gasteiger partial charge in [-0.1, -0.05) is 23.1 Å². The molecule has 0 fully saturated rings. The van der Waals surface area contributed by atoms with Crippen molar-refractivity contribution in [3.8, 4) is 10.6 Å². The van der Waals surface area contributed by atoms with Gasteiger partial charge in [0.25, 0.3) is 5.69 Å². The Kier molecular flexibility index (Phi) is 5.91. The van der Waals surface area contributed by atoms with Crippen molar-refractivity contribution in [1.82, 2.24) is 15.2 Å². The molecule has 0 unspecified atom stereocenters. The molecule has 0 aliphatic carbocycles. The number of nitrogens with one attached hydrogen (secondary N) is 1. The Hall–Kier alpha value is -3.38. The molecule has 2 N–H and O–H groups in total. The van der Waals surface area contributed by atoms with Crippen LogP contribution in [-0.4, -0.2) is 42.8 Å². The topological polar surface area (TPSA) is 148 Å². The van der Waals surface area contributed by atoms with Gasteiger partial charge in [0.05, 0.1) is 16.2 Å². The third-order valence-corrected chi connectivity index (χ3v) is 5.43. The van der Waals surface area contributed by atoms with Crippen LogP contribution < -0.4 is 5.32 Å². The number of anilines is 1. The first kappa shape index (κ1) is 19.4. The lowest BCUT2D eigenvalue weighted by molar-refractivity contribution is -0.384. The summed E-state index contributed by atoms with van der Waals surface area (Å²) in [6.07, 6.45) is 3.28. The van der Waals surface area contributed by atoms with E-state index in [1.807, 2.05) is 0 Å². The number of aromatic carboxylic acids is 1. The number of carboxylic acids is 1. The summed E-state index contributed by atoms with van der Waals surface area (Å²) in [5, 5.41) is 31.2. The summed E-state index contributed by atoms with van der Waals surface area (Å²) >= 11 is 2.46. The summed E-state index contributed by atoms with van der Waals surface area (Å²) in [6.45, 7) is 0. The summed E-state index contributed by atoms with van der Waals surface area (Å²) in [4.78, 5) is 37.3. The van der Waals surface area contributed by atoms with E-state index in [2.05, 4.69) is 20.5 Å². The molecule has 10 nitrogen and oxygen atoms in total. The Balaban J connectivity index is 1.64. The standard InChI is InChI=1S/C16H11N5O5S2/c22-13(18-11-5-10(15(23)24)6-12(7-11)21(25)26)8-27-16-20-19-14(28-16)9-1-3-17-4-2-9/h1-7H,8H2,(H,18,22)(H,23,24). The van der Waals surface area contributed by atoms with Crippen LogP contribution in [0.3, 0.4) is 0 Å². The van der Waals surface area contributed by atoms with Crippen molar-refractivity contribution in [3.05, 3.63) is 58.4 Å². The number of rotatable bonds is 7. The van der Waals surface area contributed by atoms with Crippen molar-refractivity contribution >= 4 is 46.3 Å². The molecule has 1 aromatic carbocycles. The highest BCUT2D eigenvalue weighted by Crippen LogP contribution is 2.29. The fraction of sp³-hybridized carbons (Fsp3) is 0.0625. The maximum atomic E-state index is 12.1. The predicted molar refractivity (Wildman–Crippen MR) is 103 cm³/mol. The Morgan fingerprint density at radius 3 is 2.64 bits per heavy atom. The number of nitrogens with zero attached hydrogens (tertiary/aromatic N) is 4. The number of aromatic nitrogens is 3. The lowest BCUT2D eigenvalue weighted by Gasteiger charge is -2.05. The molecule has 0 atom stereocenters. The SMILES string of the molecule is O=C(CSc1nnc(-c2ccncc2)s1)Nc1cc(C(=O)O)cc([N+](=O)[O-])c1.